The Bertz CT molecular complexity index is 1640. The molecule has 4 heterocycles. The van der Waals surface area contributed by atoms with Crippen molar-refractivity contribution in [2.24, 2.45) is 5.92 Å². The van der Waals surface area contributed by atoms with Gasteiger partial charge in [-0.05, 0) is 51.7 Å². The lowest BCUT2D eigenvalue weighted by Crippen LogP contribution is -2.59. The number of nitrogens with zero attached hydrogens (tertiary/aromatic N) is 4. The minimum absolute atomic E-state index is 0.0960. The van der Waals surface area contributed by atoms with Gasteiger partial charge in [0.1, 0.15) is 29.3 Å². The molecule has 3 aliphatic heterocycles. The van der Waals surface area contributed by atoms with Crippen LogP contribution < -0.4 is 15.4 Å². The summed E-state index contributed by atoms with van der Waals surface area (Å²) in [5, 5.41) is 5.44. The van der Waals surface area contributed by atoms with E-state index < -0.39 is 75.4 Å². The Balaban J connectivity index is 1.41. The summed E-state index contributed by atoms with van der Waals surface area (Å²) in [6.45, 7) is 9.45. The molecule has 5 rings (SSSR count). The highest BCUT2D eigenvalue weighted by molar-refractivity contribution is 7.87. The summed E-state index contributed by atoms with van der Waals surface area (Å²) < 4.78 is 40.8. The predicted octanol–water partition coefficient (Wildman–Crippen LogP) is 2.49. The smallest absolute Gasteiger partial charge is 0.410 e. The molecule has 286 valence electrons. The van der Waals surface area contributed by atoms with Crippen molar-refractivity contribution in [3.63, 3.8) is 0 Å². The summed E-state index contributed by atoms with van der Waals surface area (Å²) in [6, 6.07) is 1.38. The van der Waals surface area contributed by atoms with Crippen molar-refractivity contribution in [1.29, 1.82) is 0 Å². The molecule has 1 spiro atoms. The van der Waals surface area contributed by atoms with E-state index in [0.29, 0.717) is 19.4 Å². The van der Waals surface area contributed by atoms with Crippen molar-refractivity contribution in [2.75, 3.05) is 20.1 Å². The molecular weight excluding hydrogens is 694 g/mol. The van der Waals surface area contributed by atoms with Gasteiger partial charge in [-0.15, -0.1) is 6.58 Å². The molecule has 0 bridgehead atoms. The standard InChI is InChI=1S/C35H51N7O9S/c1-6-24-19-35(24)31(45)39-52(48,49)40(5)17-12-10-8-7-9-11-15-26(37-32(46)51-34(2,3)4)30(44)42-21-25(18-28(42)29(43)38-35)50-33(47)41-20-23-14-13-16-36-27(23)22-41/h6,13-14,16,24-26,28H,1,7-12,15,17-22H2,2-5H3,(H,37,46)(H,38,43)(H,39,45)/t24-,25-,26+,28+,35-/m1/s1. The van der Waals surface area contributed by atoms with Crippen LogP contribution in [0.2, 0.25) is 0 Å². The summed E-state index contributed by atoms with van der Waals surface area (Å²) in [5.41, 5.74) is -0.814. The van der Waals surface area contributed by atoms with E-state index in [1.165, 1.54) is 22.9 Å². The van der Waals surface area contributed by atoms with Gasteiger partial charge in [-0.3, -0.25) is 24.3 Å². The number of ether oxygens (including phenoxy) is 2. The molecule has 3 N–H and O–H groups in total. The summed E-state index contributed by atoms with van der Waals surface area (Å²) in [5.74, 6) is -2.79. The third-order valence-electron chi connectivity index (χ3n) is 9.95. The first-order valence-electron chi connectivity index (χ1n) is 17.9. The molecule has 0 unspecified atom stereocenters. The number of hydrogen-bond acceptors (Lipinski definition) is 10. The molecule has 1 aromatic rings. The first-order valence-corrected chi connectivity index (χ1v) is 19.4. The highest BCUT2D eigenvalue weighted by Crippen LogP contribution is 2.45. The van der Waals surface area contributed by atoms with E-state index >= 15 is 0 Å². The summed E-state index contributed by atoms with van der Waals surface area (Å²) in [6.07, 6.45) is 5.32. The van der Waals surface area contributed by atoms with Crippen LogP contribution in [0.5, 0.6) is 0 Å². The van der Waals surface area contributed by atoms with Crippen molar-refractivity contribution in [3.05, 3.63) is 42.2 Å². The van der Waals surface area contributed by atoms with Crippen molar-refractivity contribution >= 4 is 40.1 Å². The number of amides is 5. The van der Waals surface area contributed by atoms with Crippen LogP contribution in [-0.4, -0.2) is 107 Å². The fraction of sp³-hybridized carbons (Fsp3) is 0.657. The van der Waals surface area contributed by atoms with Crippen LogP contribution in [0.4, 0.5) is 9.59 Å². The van der Waals surface area contributed by atoms with E-state index in [0.717, 1.165) is 41.2 Å². The number of carbonyl (C=O) groups excluding carboxylic acids is 5. The van der Waals surface area contributed by atoms with E-state index in [4.69, 9.17) is 9.47 Å². The van der Waals surface area contributed by atoms with E-state index in [1.54, 1.807) is 33.0 Å². The lowest BCUT2D eigenvalue weighted by molar-refractivity contribution is -0.141. The van der Waals surface area contributed by atoms with E-state index in [1.807, 2.05) is 6.07 Å². The second-order valence-corrected chi connectivity index (χ2v) is 16.9. The van der Waals surface area contributed by atoms with Crippen LogP contribution in [-0.2, 0) is 47.2 Å². The van der Waals surface area contributed by atoms with Gasteiger partial charge in [0.2, 0.25) is 11.8 Å². The van der Waals surface area contributed by atoms with Crippen LogP contribution in [0, 0.1) is 5.92 Å². The number of pyridine rings is 1. The SMILES string of the molecule is C=C[C@@H]1C[C@@]12NC(=O)[C@@H]1C[C@@H](OC(=O)N3Cc4cccnc4C3)CN1C(=O)[C@@H](NC(=O)OC(C)(C)C)CCCCCCCCN(C)S(=O)(=O)NC2=O. The molecule has 16 nitrogen and oxygen atoms in total. The Morgan fingerprint density at radius 2 is 1.81 bits per heavy atom. The maximum atomic E-state index is 14.4. The quantitative estimate of drug-likeness (QED) is 0.387. The molecule has 17 heteroatoms. The zero-order chi connectivity index (χ0) is 37.8. The molecule has 1 aromatic heterocycles. The predicted molar refractivity (Wildman–Crippen MR) is 188 cm³/mol. The Morgan fingerprint density at radius 3 is 2.48 bits per heavy atom. The molecular formula is C35H51N7O9S. The average Bonchev–Trinajstić information content (AvgIpc) is 3.38. The van der Waals surface area contributed by atoms with Gasteiger partial charge < -0.3 is 25.0 Å². The van der Waals surface area contributed by atoms with Crippen molar-refractivity contribution < 1.29 is 41.9 Å². The first kappa shape index (κ1) is 39.0. The van der Waals surface area contributed by atoms with Crippen LogP contribution in [0.1, 0.15) is 89.8 Å². The largest absolute Gasteiger partial charge is 0.444 e. The number of alkyl carbamates (subject to hydrolysis) is 1. The molecule has 1 aliphatic carbocycles. The second kappa shape index (κ2) is 15.8. The number of hydrogen-bond donors (Lipinski definition) is 3. The Hall–Kier alpha value is -4.25. The van der Waals surface area contributed by atoms with E-state index in [-0.39, 0.29) is 38.9 Å². The number of nitrogens with one attached hydrogen (secondary N) is 3. The van der Waals surface area contributed by atoms with Crippen LogP contribution in [0.3, 0.4) is 0 Å². The van der Waals surface area contributed by atoms with Gasteiger partial charge >= 0.3 is 22.4 Å². The van der Waals surface area contributed by atoms with E-state index in [2.05, 4.69) is 26.9 Å². The third kappa shape index (κ3) is 9.21. The minimum Gasteiger partial charge on any atom is -0.444 e. The minimum atomic E-state index is -4.22. The maximum Gasteiger partial charge on any atom is 0.410 e. The third-order valence-corrected chi connectivity index (χ3v) is 11.4. The van der Waals surface area contributed by atoms with Crippen LogP contribution in [0.15, 0.2) is 31.0 Å². The highest BCUT2D eigenvalue weighted by atomic mass is 32.2. The Morgan fingerprint density at radius 1 is 1.10 bits per heavy atom. The summed E-state index contributed by atoms with van der Waals surface area (Å²) >= 11 is 0. The van der Waals surface area contributed by atoms with Gasteiger partial charge in [-0.25, -0.2) is 14.3 Å². The van der Waals surface area contributed by atoms with Gasteiger partial charge in [0.05, 0.1) is 25.3 Å². The molecule has 4 aliphatic rings. The van der Waals surface area contributed by atoms with E-state index in [9.17, 15) is 32.4 Å². The normalized spacial score (nSPS) is 29.0. The molecule has 1 saturated carbocycles. The van der Waals surface area contributed by atoms with Crippen molar-refractivity contribution in [2.45, 2.75) is 121 Å². The van der Waals surface area contributed by atoms with Crippen LogP contribution >= 0.6 is 0 Å². The molecule has 52 heavy (non-hydrogen) atoms. The Kier molecular flexibility index (Phi) is 11.8. The fourth-order valence-corrected chi connectivity index (χ4v) is 7.90. The van der Waals surface area contributed by atoms with Gasteiger partial charge in [0, 0.05) is 32.1 Å². The molecule has 5 amide bonds. The zero-order valence-corrected chi connectivity index (χ0v) is 31.2. The van der Waals surface area contributed by atoms with Gasteiger partial charge in [0.25, 0.3) is 5.91 Å². The molecule has 3 fully saturated rings. The van der Waals surface area contributed by atoms with Gasteiger partial charge in [0.15, 0.2) is 0 Å². The van der Waals surface area contributed by atoms with Crippen molar-refractivity contribution in [1.82, 2.24) is 34.4 Å². The summed E-state index contributed by atoms with van der Waals surface area (Å²) in [4.78, 5) is 75.5. The Labute approximate surface area is 305 Å². The number of rotatable bonds is 3. The molecule has 2 saturated heterocycles. The molecule has 5 atom stereocenters. The number of aromatic nitrogens is 1. The molecule has 0 radical (unpaired) electrons. The van der Waals surface area contributed by atoms with Gasteiger partial charge in [-0.2, -0.15) is 12.7 Å². The monoisotopic (exact) mass is 745 g/mol. The van der Waals surface area contributed by atoms with Crippen molar-refractivity contribution in [3.8, 4) is 0 Å². The summed E-state index contributed by atoms with van der Waals surface area (Å²) in [7, 11) is -2.83. The zero-order valence-electron chi connectivity index (χ0n) is 30.4. The lowest BCUT2D eigenvalue weighted by atomic mass is 10.0. The fourth-order valence-electron chi connectivity index (χ4n) is 6.96. The van der Waals surface area contributed by atoms with Crippen LogP contribution in [0.25, 0.3) is 0 Å². The highest BCUT2D eigenvalue weighted by Gasteiger charge is 2.61. The van der Waals surface area contributed by atoms with Gasteiger partial charge in [-0.1, -0.05) is 44.2 Å². The average molecular weight is 746 g/mol. The topological polar surface area (TPSA) is 197 Å². The molecule has 0 aromatic carbocycles. The number of fused-ring (bicyclic) bond motifs is 2. The number of carbonyl (C=O) groups is 5. The maximum absolute atomic E-state index is 14.4. The first-order chi connectivity index (χ1) is 24.5. The second-order valence-electron chi connectivity index (χ2n) is 15.1. The lowest BCUT2D eigenvalue weighted by Gasteiger charge is -2.30.